The number of carboxylic acids is 1. The second kappa shape index (κ2) is 9.13. The zero-order chi connectivity index (χ0) is 6.57. The quantitative estimate of drug-likeness (QED) is 0.279. The number of carboxylic acid groups (broad SMARTS) is 1. The van der Waals surface area contributed by atoms with Gasteiger partial charge in [0.25, 0.3) is 0 Å². The molecule has 0 aromatic rings. The summed E-state index contributed by atoms with van der Waals surface area (Å²) in [7, 11) is 1.14. The molecule has 0 aliphatic rings. The second-order valence-corrected chi connectivity index (χ2v) is 1.15. The number of esters is 1. The average molecular weight is 134 g/mol. The molecule has 4 nitrogen and oxygen atoms in total. The van der Waals surface area contributed by atoms with Crippen LogP contribution >= 0.6 is 0 Å². The maximum absolute atomic E-state index is 10.0. The van der Waals surface area contributed by atoms with Crippen LogP contribution in [0.25, 0.3) is 0 Å². The molecule has 0 heterocycles. The molecule has 10 heavy (non-hydrogen) atoms. The molecule has 0 atom stereocenters. The van der Waals surface area contributed by atoms with Crippen molar-refractivity contribution in [3.63, 3.8) is 0 Å². The van der Waals surface area contributed by atoms with Gasteiger partial charge in [0.1, 0.15) is 6.42 Å². The summed E-state index contributed by atoms with van der Waals surface area (Å²) in [6, 6.07) is 0. The molecule has 6 heteroatoms. The van der Waals surface area contributed by atoms with Gasteiger partial charge in [-0.1, -0.05) is 0 Å². The Morgan fingerprint density at radius 2 is 1.80 bits per heavy atom. The molecular weight excluding hydrogens is 126 g/mol. The number of carbonyl (C=O) groups excluding carboxylic acids is 1. The molecule has 0 fully saturated rings. The van der Waals surface area contributed by atoms with Crippen molar-refractivity contribution in [1.82, 2.24) is 0 Å². The Bertz CT molecular complexity index is 114. The fraction of sp³-hybridized carbons (Fsp3) is 0.500. The zero-order valence-electron chi connectivity index (χ0n) is 4.38. The van der Waals surface area contributed by atoms with E-state index in [0.29, 0.717) is 0 Å². The van der Waals surface area contributed by atoms with Gasteiger partial charge in [0.15, 0.2) is 0 Å². The zero-order valence-corrected chi connectivity index (χ0v) is 4.38. The summed E-state index contributed by atoms with van der Waals surface area (Å²) in [4.78, 5) is 19.7. The van der Waals surface area contributed by atoms with E-state index in [-0.39, 0.29) is 37.7 Å². The van der Waals surface area contributed by atoms with Crippen molar-refractivity contribution < 1.29 is 19.4 Å². The Balaban J connectivity index is -0.000000245. The first kappa shape index (κ1) is 16.6. The molecular formula is C4H8Li2O4. The van der Waals surface area contributed by atoms with Gasteiger partial charge in [0, 0.05) is 0 Å². The van der Waals surface area contributed by atoms with E-state index >= 15 is 0 Å². The molecule has 0 aromatic carbocycles. The normalized spacial score (nSPS) is 6.50. The summed E-state index contributed by atoms with van der Waals surface area (Å²) in [6.45, 7) is 0. The Morgan fingerprint density at radius 1 is 1.40 bits per heavy atom. The van der Waals surface area contributed by atoms with Crippen LogP contribution in [-0.2, 0) is 14.3 Å². The first-order valence-electron chi connectivity index (χ1n) is 1.95. The van der Waals surface area contributed by atoms with Gasteiger partial charge >= 0.3 is 49.7 Å². The molecule has 0 saturated heterocycles. The Labute approximate surface area is 82.7 Å². The SMILES string of the molecule is COC(=O)CC(=O)O.[LiH].[LiH]. The van der Waals surface area contributed by atoms with Crippen LogP contribution in [0, 0.1) is 0 Å². The fourth-order valence-electron chi connectivity index (χ4n) is 0.196. The van der Waals surface area contributed by atoms with Crippen molar-refractivity contribution in [1.29, 1.82) is 0 Å². The first-order valence-corrected chi connectivity index (χ1v) is 1.95. The van der Waals surface area contributed by atoms with Crippen molar-refractivity contribution in [2.75, 3.05) is 7.11 Å². The number of methoxy groups -OCH3 is 1. The van der Waals surface area contributed by atoms with Crippen LogP contribution in [0.1, 0.15) is 6.42 Å². The van der Waals surface area contributed by atoms with Crippen LogP contribution in [0.5, 0.6) is 0 Å². The Morgan fingerprint density at radius 3 is 1.90 bits per heavy atom. The van der Waals surface area contributed by atoms with E-state index in [4.69, 9.17) is 5.11 Å². The summed E-state index contributed by atoms with van der Waals surface area (Å²) in [5.41, 5.74) is 0. The molecule has 0 radical (unpaired) electrons. The van der Waals surface area contributed by atoms with E-state index in [0.717, 1.165) is 7.11 Å². The number of rotatable bonds is 2. The second-order valence-electron chi connectivity index (χ2n) is 1.15. The molecule has 0 aliphatic carbocycles. The van der Waals surface area contributed by atoms with Gasteiger partial charge in [-0.25, -0.2) is 0 Å². The molecule has 0 aromatic heterocycles. The molecule has 0 unspecified atom stereocenters. The molecule has 0 bridgehead atoms. The molecule has 0 amide bonds. The van der Waals surface area contributed by atoms with Gasteiger partial charge in [0.05, 0.1) is 7.11 Å². The third-order valence-corrected chi connectivity index (χ3v) is 0.523. The summed E-state index contributed by atoms with van der Waals surface area (Å²) >= 11 is 0. The number of hydrogen-bond acceptors (Lipinski definition) is 3. The molecule has 0 saturated carbocycles. The van der Waals surface area contributed by atoms with Crippen molar-refractivity contribution >= 4 is 49.7 Å². The molecule has 0 rings (SSSR count). The third-order valence-electron chi connectivity index (χ3n) is 0.523. The molecule has 50 valence electrons. The van der Waals surface area contributed by atoms with E-state index in [1.165, 1.54) is 0 Å². The van der Waals surface area contributed by atoms with Crippen LogP contribution in [0.15, 0.2) is 0 Å². The topological polar surface area (TPSA) is 63.6 Å². The van der Waals surface area contributed by atoms with E-state index < -0.39 is 18.4 Å². The predicted molar refractivity (Wildman–Crippen MR) is 38.6 cm³/mol. The van der Waals surface area contributed by atoms with Crippen molar-refractivity contribution in [3.05, 3.63) is 0 Å². The minimum atomic E-state index is -1.17. The Kier molecular flexibility index (Phi) is 15.2. The maximum atomic E-state index is 10.0. The van der Waals surface area contributed by atoms with Crippen LogP contribution in [0.3, 0.4) is 0 Å². The number of hydrogen-bond donors (Lipinski definition) is 1. The number of ether oxygens (including phenoxy) is 1. The summed E-state index contributed by atoms with van der Waals surface area (Å²) in [5.74, 6) is -1.89. The van der Waals surface area contributed by atoms with Gasteiger partial charge in [0.2, 0.25) is 0 Å². The third kappa shape index (κ3) is 11.0. The van der Waals surface area contributed by atoms with Gasteiger partial charge < -0.3 is 9.84 Å². The van der Waals surface area contributed by atoms with Crippen LogP contribution in [0.2, 0.25) is 0 Å². The van der Waals surface area contributed by atoms with Gasteiger partial charge in [-0.2, -0.15) is 0 Å². The van der Waals surface area contributed by atoms with Crippen molar-refractivity contribution in [3.8, 4) is 0 Å². The number of aliphatic carboxylic acids is 1. The summed E-state index contributed by atoms with van der Waals surface area (Å²) in [6.07, 6.45) is -0.559. The van der Waals surface area contributed by atoms with E-state index in [9.17, 15) is 9.59 Å². The first-order chi connectivity index (χ1) is 3.66. The van der Waals surface area contributed by atoms with E-state index in [1.54, 1.807) is 0 Å². The fourth-order valence-corrected chi connectivity index (χ4v) is 0.196. The summed E-state index contributed by atoms with van der Waals surface area (Å²) in [5, 5.41) is 7.91. The minimum absolute atomic E-state index is 0. The van der Waals surface area contributed by atoms with Crippen LogP contribution < -0.4 is 0 Å². The van der Waals surface area contributed by atoms with Gasteiger partial charge in [-0.05, 0) is 0 Å². The van der Waals surface area contributed by atoms with Crippen molar-refractivity contribution in [2.24, 2.45) is 0 Å². The molecule has 1 N–H and O–H groups in total. The standard InChI is InChI=1S/C4H6O4.2Li.2H/c1-8-4(7)2-3(5)6;;;;/h2H2,1H3,(H,5,6);;;;. The van der Waals surface area contributed by atoms with E-state index in [1.807, 2.05) is 0 Å². The monoisotopic (exact) mass is 134 g/mol. The van der Waals surface area contributed by atoms with Crippen LogP contribution in [-0.4, -0.2) is 61.9 Å². The number of carbonyl (C=O) groups is 2. The van der Waals surface area contributed by atoms with E-state index in [2.05, 4.69) is 4.74 Å². The molecule has 0 aliphatic heterocycles. The van der Waals surface area contributed by atoms with Crippen LogP contribution in [0.4, 0.5) is 0 Å². The van der Waals surface area contributed by atoms with Gasteiger partial charge in [-0.15, -0.1) is 0 Å². The molecule has 0 spiro atoms. The predicted octanol–water partition coefficient (Wildman–Crippen LogP) is -1.66. The summed E-state index contributed by atoms with van der Waals surface area (Å²) < 4.78 is 4.04. The van der Waals surface area contributed by atoms with Crippen molar-refractivity contribution in [2.45, 2.75) is 6.42 Å². The average Bonchev–Trinajstić information content (AvgIpc) is 1.65. The Hall–Kier alpha value is 0.135. The van der Waals surface area contributed by atoms with Gasteiger partial charge in [-0.3, -0.25) is 9.59 Å².